The Hall–Kier alpha value is -5.97. The van der Waals surface area contributed by atoms with Gasteiger partial charge in [0.1, 0.15) is 0 Å². The summed E-state index contributed by atoms with van der Waals surface area (Å²) in [5.74, 6) is 0. The number of nitrogens with zero attached hydrogens (tertiary/aromatic N) is 1. The minimum atomic E-state index is 0.348. The summed E-state index contributed by atoms with van der Waals surface area (Å²) in [5, 5.41) is 14.6. The highest BCUT2D eigenvalue weighted by atomic mass is 15.1. The summed E-state index contributed by atoms with van der Waals surface area (Å²) in [6, 6.07) is 47.5. The highest BCUT2D eigenvalue weighted by Gasteiger charge is 2.18. The zero-order valence-electron chi connectivity index (χ0n) is 30.2. The largest absolute Gasteiger partial charge is 0.355 e. The van der Waals surface area contributed by atoms with Crippen LogP contribution < -0.4 is 10.6 Å². The van der Waals surface area contributed by atoms with Gasteiger partial charge in [-0.2, -0.15) is 5.10 Å². The lowest BCUT2D eigenvalue weighted by molar-refractivity contribution is 0.669. The summed E-state index contributed by atoms with van der Waals surface area (Å²) in [4.78, 5) is 0. The summed E-state index contributed by atoms with van der Waals surface area (Å²) in [7, 11) is 2.05. The topological polar surface area (TPSA) is 52.7 Å². The fourth-order valence-corrected chi connectivity index (χ4v) is 6.91. The van der Waals surface area contributed by atoms with E-state index in [0.717, 1.165) is 47.6 Å². The number of aromatic amines is 1. The van der Waals surface area contributed by atoms with Crippen molar-refractivity contribution in [3.8, 4) is 33.5 Å². The van der Waals surface area contributed by atoms with Crippen LogP contribution in [-0.2, 0) is 0 Å². The van der Waals surface area contributed by atoms with Crippen LogP contribution in [0, 0.1) is 6.92 Å². The van der Waals surface area contributed by atoms with Crippen molar-refractivity contribution >= 4 is 22.5 Å². The minimum absolute atomic E-state index is 0.348. The first kappa shape index (κ1) is 34.5. The van der Waals surface area contributed by atoms with Gasteiger partial charge in [0, 0.05) is 28.5 Å². The van der Waals surface area contributed by atoms with Crippen molar-refractivity contribution in [1.82, 2.24) is 15.5 Å². The van der Waals surface area contributed by atoms with E-state index in [1.54, 1.807) is 0 Å². The van der Waals surface area contributed by atoms with Gasteiger partial charge in [0.15, 0.2) is 0 Å². The van der Waals surface area contributed by atoms with Crippen molar-refractivity contribution in [3.05, 3.63) is 186 Å². The van der Waals surface area contributed by atoms with Crippen LogP contribution in [0.25, 0.3) is 44.7 Å². The van der Waals surface area contributed by atoms with Gasteiger partial charge in [0.2, 0.25) is 0 Å². The first-order chi connectivity index (χ1) is 25.5. The molecule has 1 aromatic heterocycles. The number of H-pyrrole nitrogens is 1. The van der Waals surface area contributed by atoms with E-state index in [-0.39, 0.29) is 0 Å². The average molecular weight is 679 g/mol. The third-order valence-corrected chi connectivity index (χ3v) is 9.68. The maximum atomic E-state index is 4.36. The quantitative estimate of drug-likeness (QED) is 0.150. The maximum absolute atomic E-state index is 4.36. The second-order valence-corrected chi connectivity index (χ2v) is 13.6. The molecule has 0 fully saturated rings. The Morgan fingerprint density at radius 3 is 2.13 bits per heavy atom. The van der Waals surface area contributed by atoms with Crippen LogP contribution in [0.1, 0.15) is 43.0 Å². The van der Waals surface area contributed by atoms with Crippen LogP contribution >= 0.6 is 0 Å². The van der Waals surface area contributed by atoms with Gasteiger partial charge in [0.25, 0.3) is 0 Å². The number of aryl methyl sites for hydroxylation is 1. The van der Waals surface area contributed by atoms with E-state index in [1.165, 1.54) is 50.1 Å². The highest BCUT2D eigenvalue weighted by Crippen LogP contribution is 2.35. The van der Waals surface area contributed by atoms with Crippen LogP contribution in [0.3, 0.4) is 0 Å². The van der Waals surface area contributed by atoms with Gasteiger partial charge in [-0.3, -0.25) is 5.10 Å². The molecule has 5 aromatic carbocycles. The Balaban J connectivity index is 0.000000206. The first-order valence-corrected chi connectivity index (χ1v) is 18.2. The van der Waals surface area contributed by atoms with E-state index in [9.17, 15) is 0 Å². The molecular weight excluding hydrogens is 633 g/mol. The third kappa shape index (κ3) is 8.31. The van der Waals surface area contributed by atoms with Crippen molar-refractivity contribution < 1.29 is 0 Å². The Bertz CT molecular complexity index is 2270. The second-order valence-electron chi connectivity index (χ2n) is 13.6. The average Bonchev–Trinajstić information content (AvgIpc) is 3.70. The Morgan fingerprint density at radius 1 is 0.654 bits per heavy atom. The molecular formula is C48H46N4. The Labute approximate surface area is 308 Å². The lowest BCUT2D eigenvalue weighted by Crippen LogP contribution is -2.28. The van der Waals surface area contributed by atoms with Crippen LogP contribution in [0.2, 0.25) is 0 Å². The molecule has 258 valence electrons. The normalized spacial score (nSPS) is 15.1. The predicted molar refractivity (Wildman–Crippen MR) is 221 cm³/mol. The summed E-state index contributed by atoms with van der Waals surface area (Å²) < 4.78 is 0. The zero-order valence-corrected chi connectivity index (χ0v) is 30.2. The molecule has 1 unspecified atom stereocenters. The van der Waals surface area contributed by atoms with Crippen molar-refractivity contribution in [2.24, 2.45) is 0 Å². The standard InChI is InChI=1S/C33H32N2.C15H14N2/c1-23-9-6-14-29(19-23)35-32-16-5-4-15-30(32)27-12-7-10-25(21-27)26-11-8-13-28(22-26)31-18-17-24(2)20-33(31)34-3;1-3-7-12(8-4-1)14-11-15(17-16-14)13-9-5-2-6-10-13/h4-19,21-22,33-35H,20H2,1-3H3;1,3-5,7-11H,2,6H2,(H,16,17). The molecule has 2 aliphatic rings. The molecule has 0 bridgehead atoms. The van der Waals surface area contributed by atoms with E-state index < -0.39 is 0 Å². The number of benzene rings is 5. The predicted octanol–water partition coefficient (Wildman–Crippen LogP) is 12.2. The van der Waals surface area contributed by atoms with Crippen LogP contribution in [-0.4, -0.2) is 23.3 Å². The van der Waals surface area contributed by atoms with E-state index in [1.807, 2.05) is 25.2 Å². The molecule has 1 heterocycles. The molecule has 0 saturated carbocycles. The van der Waals surface area contributed by atoms with Gasteiger partial charge >= 0.3 is 0 Å². The highest BCUT2D eigenvalue weighted by molar-refractivity contribution is 5.84. The van der Waals surface area contributed by atoms with Gasteiger partial charge in [-0.1, -0.05) is 133 Å². The third-order valence-electron chi connectivity index (χ3n) is 9.68. The lowest BCUT2D eigenvalue weighted by Gasteiger charge is -2.24. The van der Waals surface area contributed by atoms with Crippen LogP contribution in [0.4, 0.5) is 11.4 Å². The maximum Gasteiger partial charge on any atom is 0.0927 e. The first-order valence-electron chi connectivity index (χ1n) is 18.2. The molecule has 52 heavy (non-hydrogen) atoms. The van der Waals surface area contributed by atoms with E-state index >= 15 is 0 Å². The summed E-state index contributed by atoms with van der Waals surface area (Å²) in [5.41, 5.74) is 16.8. The molecule has 0 spiro atoms. The Kier molecular flexibility index (Phi) is 10.9. The molecule has 0 amide bonds. The number of rotatable bonds is 8. The van der Waals surface area contributed by atoms with Crippen molar-refractivity contribution in [2.75, 3.05) is 12.4 Å². The van der Waals surface area contributed by atoms with E-state index in [4.69, 9.17) is 0 Å². The summed E-state index contributed by atoms with van der Waals surface area (Å²) in [6.07, 6.45) is 14.4. The van der Waals surface area contributed by atoms with Gasteiger partial charge in [0.05, 0.1) is 11.4 Å². The van der Waals surface area contributed by atoms with Crippen LogP contribution in [0.15, 0.2) is 169 Å². The van der Waals surface area contributed by atoms with E-state index in [2.05, 4.69) is 180 Å². The van der Waals surface area contributed by atoms with Gasteiger partial charge < -0.3 is 10.6 Å². The lowest BCUT2D eigenvalue weighted by atomic mass is 9.88. The van der Waals surface area contributed by atoms with Gasteiger partial charge in [-0.15, -0.1) is 0 Å². The molecule has 0 radical (unpaired) electrons. The van der Waals surface area contributed by atoms with Gasteiger partial charge in [-0.05, 0) is 116 Å². The van der Waals surface area contributed by atoms with Crippen molar-refractivity contribution in [3.63, 3.8) is 0 Å². The number of anilines is 2. The number of hydrogen-bond donors (Lipinski definition) is 3. The van der Waals surface area contributed by atoms with Gasteiger partial charge in [-0.25, -0.2) is 0 Å². The number of para-hydroxylation sites is 1. The molecule has 3 N–H and O–H groups in total. The number of likely N-dealkylation sites (N-methyl/N-ethyl adjacent to an activating group) is 1. The monoisotopic (exact) mass is 678 g/mol. The van der Waals surface area contributed by atoms with Crippen molar-refractivity contribution in [1.29, 1.82) is 0 Å². The SMILES string of the molecule is C1=CC(c2cc(-c3ccccc3)n[nH]2)=CCC1.CNC1CC(C)=CC=C1c1cccc(-c2cccc(-c3ccccc3Nc3cccc(C)c3)c2)c1. The zero-order chi connectivity index (χ0) is 35.7. The smallest absolute Gasteiger partial charge is 0.0927 e. The number of aromatic nitrogens is 2. The second kappa shape index (κ2) is 16.4. The molecule has 6 aromatic rings. The molecule has 0 aliphatic heterocycles. The molecule has 2 aliphatic carbocycles. The molecule has 4 heteroatoms. The number of hydrogen-bond acceptors (Lipinski definition) is 3. The molecule has 0 saturated heterocycles. The fourth-order valence-electron chi connectivity index (χ4n) is 6.91. The summed E-state index contributed by atoms with van der Waals surface area (Å²) in [6.45, 7) is 4.32. The molecule has 8 rings (SSSR count). The van der Waals surface area contributed by atoms with Crippen LogP contribution in [0.5, 0.6) is 0 Å². The molecule has 4 nitrogen and oxygen atoms in total. The van der Waals surface area contributed by atoms with E-state index in [0.29, 0.717) is 6.04 Å². The summed E-state index contributed by atoms with van der Waals surface area (Å²) >= 11 is 0. The van der Waals surface area contributed by atoms with Crippen molar-refractivity contribution in [2.45, 2.75) is 39.2 Å². The fraction of sp³-hybridized carbons (Fsp3) is 0.146. The Morgan fingerprint density at radius 2 is 1.37 bits per heavy atom. The number of nitrogens with one attached hydrogen (secondary N) is 3. The minimum Gasteiger partial charge on any atom is -0.355 e. The molecule has 1 atom stereocenters. The number of allylic oxidation sites excluding steroid dienone is 6.